The van der Waals surface area contributed by atoms with Gasteiger partial charge in [0.25, 0.3) is 0 Å². The molecule has 1 nitrogen and oxygen atoms in total. The van der Waals surface area contributed by atoms with Crippen molar-refractivity contribution in [3.8, 4) is 11.3 Å². The highest BCUT2D eigenvalue weighted by Crippen LogP contribution is 2.30. The monoisotopic (exact) mass is 165 g/mol. The van der Waals surface area contributed by atoms with Crippen LogP contribution in [-0.2, 0) is 0 Å². The average Bonchev–Trinajstić information content (AvgIpc) is 2.45. The van der Waals surface area contributed by atoms with E-state index in [1.165, 1.54) is 6.26 Å². The van der Waals surface area contributed by atoms with E-state index in [0.717, 1.165) is 16.9 Å². The van der Waals surface area contributed by atoms with Gasteiger partial charge in [0.1, 0.15) is 12.0 Å². The Morgan fingerprint density at radius 3 is 3.18 bits per heavy atom. The molecule has 1 heterocycles. The molecule has 0 saturated carbocycles. The van der Waals surface area contributed by atoms with Gasteiger partial charge in [-0.05, 0) is 18.6 Å². The predicted octanol–water partition coefficient (Wildman–Crippen LogP) is 3.15. The summed E-state index contributed by atoms with van der Waals surface area (Å²) < 4.78 is 5.18. The fourth-order valence-corrected chi connectivity index (χ4v) is 1.22. The molecule has 11 heavy (non-hydrogen) atoms. The van der Waals surface area contributed by atoms with E-state index in [-0.39, 0.29) is 0 Å². The fourth-order valence-electron chi connectivity index (χ4n) is 1.07. The molecule has 0 aromatic carbocycles. The highest BCUT2D eigenvalue weighted by atomic mass is 35.5. The summed E-state index contributed by atoms with van der Waals surface area (Å²) in [4.78, 5) is 0. The van der Waals surface area contributed by atoms with E-state index in [4.69, 9.17) is 16.0 Å². The van der Waals surface area contributed by atoms with Crippen LogP contribution in [0, 0.1) is 13.0 Å². The largest absolute Gasteiger partial charge is 0.462 e. The molecular weight excluding hydrogens is 160 g/mol. The van der Waals surface area contributed by atoms with Crippen LogP contribution in [0.5, 0.6) is 0 Å². The number of hydrogen-bond donors (Lipinski definition) is 0. The van der Waals surface area contributed by atoms with E-state index >= 15 is 0 Å². The molecule has 2 rings (SSSR count). The van der Waals surface area contributed by atoms with Gasteiger partial charge in [0.05, 0.1) is 5.02 Å². The Balaban J connectivity index is 2.81. The second-order valence-electron chi connectivity index (χ2n) is 2.43. The van der Waals surface area contributed by atoms with Gasteiger partial charge >= 0.3 is 0 Å². The minimum absolute atomic E-state index is 0.664. The van der Waals surface area contributed by atoms with Gasteiger partial charge in [-0.25, -0.2) is 0 Å². The first-order chi connectivity index (χ1) is 5.29. The van der Waals surface area contributed by atoms with Gasteiger partial charge in [0.15, 0.2) is 0 Å². The zero-order chi connectivity index (χ0) is 7.84. The molecule has 0 aromatic rings. The molecule has 0 unspecified atom stereocenters. The van der Waals surface area contributed by atoms with Crippen molar-refractivity contribution in [3.05, 3.63) is 35.0 Å². The molecule has 0 N–H and O–H groups in total. The zero-order valence-corrected chi connectivity index (χ0v) is 6.77. The summed E-state index contributed by atoms with van der Waals surface area (Å²) in [6.07, 6.45) is 1.54. The second-order valence-corrected chi connectivity index (χ2v) is 2.84. The number of fused-ring (bicyclic) bond motifs is 1. The van der Waals surface area contributed by atoms with Gasteiger partial charge in [0.2, 0.25) is 0 Å². The summed E-state index contributed by atoms with van der Waals surface area (Å²) in [5, 5.41) is 0.664. The first-order valence-electron chi connectivity index (χ1n) is 3.33. The quantitative estimate of drug-likeness (QED) is 0.585. The highest BCUT2D eigenvalue weighted by Gasteiger charge is 2.09. The molecule has 1 radical (unpaired) electrons. The molecule has 55 valence electrons. The van der Waals surface area contributed by atoms with Crippen LogP contribution in [0.25, 0.3) is 11.3 Å². The van der Waals surface area contributed by atoms with Crippen molar-refractivity contribution < 1.29 is 4.42 Å². The fraction of sp³-hybridized carbons (Fsp3) is 0.111. The molecule has 0 saturated heterocycles. The Hall–Kier alpha value is -0.950. The van der Waals surface area contributed by atoms with E-state index in [9.17, 15) is 0 Å². The first kappa shape index (κ1) is 6.74. The normalized spacial score (nSPS) is 10.7. The molecule has 0 amide bonds. The van der Waals surface area contributed by atoms with E-state index in [1.54, 1.807) is 0 Å². The summed E-state index contributed by atoms with van der Waals surface area (Å²) in [6, 6.07) is 6.74. The van der Waals surface area contributed by atoms with Crippen LogP contribution in [0.2, 0.25) is 5.02 Å². The summed E-state index contributed by atoms with van der Waals surface area (Å²) in [7, 11) is 0. The van der Waals surface area contributed by atoms with Crippen LogP contribution in [0.15, 0.2) is 22.8 Å². The molecular formula is C9H6ClO. The first-order valence-corrected chi connectivity index (χ1v) is 3.71. The Morgan fingerprint density at radius 1 is 1.55 bits per heavy atom. The number of hydrogen-bond acceptors (Lipinski definition) is 1. The van der Waals surface area contributed by atoms with Crippen LogP contribution >= 0.6 is 11.6 Å². The van der Waals surface area contributed by atoms with Crippen LogP contribution < -0.4 is 0 Å². The Labute approximate surface area is 69.9 Å². The van der Waals surface area contributed by atoms with Crippen molar-refractivity contribution >= 4 is 11.6 Å². The maximum atomic E-state index is 5.84. The second kappa shape index (κ2) is 2.28. The lowest BCUT2D eigenvalue weighted by Crippen LogP contribution is -1.80. The van der Waals surface area contributed by atoms with E-state index in [0.29, 0.717) is 5.02 Å². The molecule has 0 aromatic heterocycles. The Morgan fingerprint density at radius 2 is 2.36 bits per heavy atom. The van der Waals surface area contributed by atoms with Crippen molar-refractivity contribution in [1.29, 1.82) is 0 Å². The molecule has 1 aliphatic carbocycles. The number of halogens is 1. The summed E-state index contributed by atoms with van der Waals surface area (Å²) in [6.45, 7) is 1.97. The van der Waals surface area contributed by atoms with Gasteiger partial charge in [-0.3, -0.25) is 0 Å². The smallest absolute Gasteiger partial charge is 0.142 e. The molecule has 0 bridgehead atoms. The Kier molecular flexibility index (Phi) is 1.40. The topological polar surface area (TPSA) is 13.1 Å². The van der Waals surface area contributed by atoms with Crippen molar-refractivity contribution in [2.24, 2.45) is 0 Å². The molecule has 2 aliphatic rings. The van der Waals surface area contributed by atoms with E-state index in [1.807, 2.05) is 19.1 Å². The maximum Gasteiger partial charge on any atom is 0.142 e. The van der Waals surface area contributed by atoms with Crippen LogP contribution in [0.1, 0.15) is 5.56 Å². The molecule has 1 aliphatic heterocycles. The minimum Gasteiger partial charge on any atom is -0.462 e. The average molecular weight is 166 g/mol. The Bertz CT molecular complexity index is 351. The zero-order valence-electron chi connectivity index (χ0n) is 6.02. The lowest BCUT2D eigenvalue weighted by Gasteiger charge is -2.02. The summed E-state index contributed by atoms with van der Waals surface area (Å²) in [5.41, 5.74) is 2.09. The van der Waals surface area contributed by atoms with Gasteiger partial charge in [-0.15, -0.1) is 0 Å². The van der Waals surface area contributed by atoms with Crippen LogP contribution in [0.3, 0.4) is 0 Å². The minimum atomic E-state index is 0.664. The van der Waals surface area contributed by atoms with Crippen LogP contribution in [0.4, 0.5) is 0 Å². The molecule has 2 heteroatoms. The lowest BCUT2D eigenvalue weighted by atomic mass is 10.1. The third-order valence-corrected chi connectivity index (χ3v) is 2.12. The summed E-state index contributed by atoms with van der Waals surface area (Å²) >= 11 is 5.84. The van der Waals surface area contributed by atoms with E-state index < -0.39 is 0 Å². The van der Waals surface area contributed by atoms with Crippen molar-refractivity contribution in [1.82, 2.24) is 0 Å². The molecule has 0 spiro atoms. The standard InChI is InChI=1S/C9H6ClO/c1-6-7-3-2-4-9(7)11-5-8(6)10/h2-3,5H,1H3. The lowest BCUT2D eigenvalue weighted by molar-refractivity contribution is 0.565. The van der Waals surface area contributed by atoms with Crippen LogP contribution in [-0.4, -0.2) is 0 Å². The highest BCUT2D eigenvalue weighted by molar-refractivity contribution is 6.31. The third-order valence-electron chi connectivity index (χ3n) is 1.75. The van der Waals surface area contributed by atoms with Crippen molar-refractivity contribution in [2.75, 3.05) is 0 Å². The van der Waals surface area contributed by atoms with Gasteiger partial charge in [-0.1, -0.05) is 17.7 Å². The van der Waals surface area contributed by atoms with Crippen molar-refractivity contribution in [2.45, 2.75) is 6.92 Å². The predicted molar refractivity (Wildman–Crippen MR) is 43.9 cm³/mol. The van der Waals surface area contributed by atoms with E-state index in [2.05, 4.69) is 6.07 Å². The number of rotatable bonds is 0. The summed E-state index contributed by atoms with van der Waals surface area (Å²) in [5.74, 6) is 0.770. The SMILES string of the molecule is Cc1c(Cl)coc2[c]ccc1-2. The third kappa shape index (κ3) is 0.925. The van der Waals surface area contributed by atoms with Gasteiger partial charge < -0.3 is 4.42 Å². The molecule has 0 atom stereocenters. The van der Waals surface area contributed by atoms with Crippen molar-refractivity contribution in [3.63, 3.8) is 0 Å². The maximum absolute atomic E-state index is 5.84. The molecule has 0 fully saturated rings. The van der Waals surface area contributed by atoms with Gasteiger partial charge in [-0.2, -0.15) is 0 Å². The van der Waals surface area contributed by atoms with Gasteiger partial charge in [0, 0.05) is 11.6 Å².